The molecule has 0 radical (unpaired) electrons. The highest BCUT2D eigenvalue weighted by Gasteiger charge is 2.75. The van der Waals surface area contributed by atoms with Crippen molar-refractivity contribution in [1.82, 2.24) is 15.1 Å². The van der Waals surface area contributed by atoms with E-state index in [9.17, 15) is 24.3 Å². The average Bonchev–Trinajstić information content (AvgIpc) is 3.73. The Kier molecular flexibility index (Phi) is 11.2. The summed E-state index contributed by atoms with van der Waals surface area (Å²) in [6.45, 7) is 11.6. The van der Waals surface area contributed by atoms with E-state index in [0.29, 0.717) is 31.4 Å². The first-order chi connectivity index (χ1) is 23.2. The number of hydrogen-bond donors (Lipinski definition) is 2. The van der Waals surface area contributed by atoms with E-state index in [1.165, 1.54) is 4.90 Å². The van der Waals surface area contributed by atoms with Crippen molar-refractivity contribution in [1.29, 1.82) is 0 Å². The normalized spacial score (nSPS) is 25.3. The Morgan fingerprint density at radius 2 is 1.79 bits per heavy atom. The quantitative estimate of drug-likeness (QED) is 0.207. The summed E-state index contributed by atoms with van der Waals surface area (Å²) >= 11 is 0. The molecule has 10 heteroatoms. The monoisotopic (exact) mass is 657 g/mol. The van der Waals surface area contributed by atoms with Crippen LogP contribution in [0, 0.1) is 17.8 Å². The fourth-order valence-corrected chi connectivity index (χ4v) is 7.62. The minimum Gasteiger partial charge on any atom is -0.455 e. The molecule has 0 unspecified atom stereocenters. The van der Waals surface area contributed by atoms with Crippen LogP contribution in [0.15, 0.2) is 86.0 Å². The summed E-state index contributed by atoms with van der Waals surface area (Å²) in [6, 6.07) is 17.0. The molecule has 2 bridgehead atoms. The molecule has 7 atom stereocenters. The van der Waals surface area contributed by atoms with Crippen LogP contribution in [0.1, 0.15) is 56.8 Å². The zero-order valence-corrected chi connectivity index (χ0v) is 27.8. The zero-order chi connectivity index (χ0) is 34.4. The van der Waals surface area contributed by atoms with Gasteiger partial charge in [0.05, 0.1) is 37.1 Å². The molecule has 2 aromatic carbocycles. The van der Waals surface area contributed by atoms with Gasteiger partial charge in [-0.2, -0.15) is 0 Å². The molecular formula is C38H47N3O7. The van der Waals surface area contributed by atoms with E-state index in [1.54, 1.807) is 17.1 Å². The Hall–Kier alpha value is -4.28. The molecular weight excluding hydrogens is 610 g/mol. The number of hydrogen-bond acceptors (Lipinski definition) is 7. The second-order valence-corrected chi connectivity index (χ2v) is 13.3. The van der Waals surface area contributed by atoms with E-state index in [0.717, 1.165) is 5.56 Å². The molecule has 3 amide bonds. The SMILES string of the molecule is C=CCCC(=O)NC[C@@H](OC(=O)[C@@H]1[C@@H]2CC[C@]3(O2)[C@H](C(=O)N(CC=C)Cc2ccccc2)N([C@@H](CO)C(C)C)C(=O)[C@@H]13)c1ccccc1. The number of fused-ring (bicyclic) bond motifs is 1. The van der Waals surface area contributed by atoms with Crippen LogP contribution in [0.2, 0.25) is 0 Å². The molecule has 3 fully saturated rings. The summed E-state index contributed by atoms with van der Waals surface area (Å²) in [6.07, 6.45) is 3.56. The number of esters is 1. The second kappa shape index (κ2) is 15.3. The highest BCUT2D eigenvalue weighted by atomic mass is 16.6. The standard InChI is InChI=1S/C38H47N3O7/c1-5-7-18-31(43)39-22-30(27-16-12-9-13-17-27)47-37(46)32-29-19-20-38(48-29)33(32)35(44)41(28(24-42)25(3)4)34(38)36(45)40(21-6-2)23-26-14-10-8-11-15-26/h5-6,8-17,25,28-30,32-34,42H,1-2,7,18-24H2,3-4H3,(H,39,43)/t28-,29-,30+,32+,33+,34-,38+/m0/s1. The maximum atomic E-state index is 14.7. The van der Waals surface area contributed by atoms with Crippen LogP contribution >= 0.6 is 0 Å². The zero-order valence-electron chi connectivity index (χ0n) is 27.8. The highest BCUT2D eigenvalue weighted by Crippen LogP contribution is 2.59. The largest absolute Gasteiger partial charge is 0.455 e. The third kappa shape index (κ3) is 6.82. The molecule has 0 aliphatic carbocycles. The van der Waals surface area contributed by atoms with Crippen LogP contribution in [0.3, 0.4) is 0 Å². The van der Waals surface area contributed by atoms with Crippen molar-refractivity contribution in [2.45, 2.75) is 76.0 Å². The van der Waals surface area contributed by atoms with Crippen LogP contribution in [0.5, 0.6) is 0 Å². The lowest BCUT2D eigenvalue weighted by Crippen LogP contribution is -2.59. The van der Waals surface area contributed by atoms with Gasteiger partial charge in [-0.25, -0.2) is 0 Å². The van der Waals surface area contributed by atoms with Crippen molar-refractivity contribution in [2.75, 3.05) is 19.7 Å². The van der Waals surface area contributed by atoms with E-state index in [1.807, 2.05) is 74.5 Å². The molecule has 3 saturated heterocycles. The van der Waals surface area contributed by atoms with E-state index < -0.39 is 53.6 Å². The fourth-order valence-electron chi connectivity index (χ4n) is 7.62. The van der Waals surface area contributed by atoms with Gasteiger partial charge in [-0.05, 0) is 36.3 Å². The molecule has 10 nitrogen and oxygen atoms in total. The number of carbonyl (C=O) groups is 4. The summed E-state index contributed by atoms with van der Waals surface area (Å²) in [7, 11) is 0. The number of nitrogens with one attached hydrogen (secondary N) is 1. The number of nitrogens with zero attached hydrogens (tertiary/aromatic N) is 2. The third-order valence-electron chi connectivity index (χ3n) is 9.93. The Morgan fingerprint density at radius 1 is 1.10 bits per heavy atom. The highest BCUT2D eigenvalue weighted by molar-refractivity contribution is 5.98. The first-order valence-electron chi connectivity index (χ1n) is 16.8. The smallest absolute Gasteiger partial charge is 0.313 e. The van der Waals surface area contributed by atoms with E-state index >= 15 is 0 Å². The minimum atomic E-state index is -1.26. The Bertz CT molecular complexity index is 1480. The Balaban J connectivity index is 1.47. The Labute approximate surface area is 282 Å². The van der Waals surface area contributed by atoms with E-state index in [2.05, 4.69) is 18.5 Å². The first-order valence-corrected chi connectivity index (χ1v) is 16.8. The number of ether oxygens (including phenoxy) is 2. The molecule has 3 aliphatic rings. The Morgan fingerprint density at radius 3 is 2.42 bits per heavy atom. The number of likely N-dealkylation sites (tertiary alicyclic amines) is 1. The fraction of sp³-hybridized carbons (Fsp3) is 0.474. The number of allylic oxidation sites excluding steroid dienone is 1. The van der Waals surface area contributed by atoms with Gasteiger partial charge in [-0.15, -0.1) is 13.2 Å². The van der Waals surface area contributed by atoms with Crippen molar-refractivity contribution < 1.29 is 33.8 Å². The second-order valence-electron chi connectivity index (χ2n) is 13.3. The lowest BCUT2D eigenvalue weighted by atomic mass is 9.70. The molecule has 256 valence electrons. The van der Waals surface area contributed by atoms with Gasteiger partial charge in [0, 0.05) is 19.5 Å². The molecule has 48 heavy (non-hydrogen) atoms. The lowest BCUT2D eigenvalue weighted by Gasteiger charge is -2.40. The van der Waals surface area contributed by atoms with Gasteiger partial charge < -0.3 is 29.7 Å². The summed E-state index contributed by atoms with van der Waals surface area (Å²) in [5.74, 6) is -3.61. The summed E-state index contributed by atoms with van der Waals surface area (Å²) in [5.41, 5.74) is 0.353. The molecule has 5 rings (SSSR count). The molecule has 3 aliphatic heterocycles. The number of amides is 3. The predicted octanol–water partition coefficient (Wildman–Crippen LogP) is 3.96. The van der Waals surface area contributed by atoms with E-state index in [4.69, 9.17) is 9.47 Å². The topological polar surface area (TPSA) is 125 Å². The number of rotatable bonds is 16. The maximum Gasteiger partial charge on any atom is 0.313 e. The number of aliphatic hydroxyl groups is 1. The number of carbonyl (C=O) groups excluding carboxylic acids is 4. The first kappa shape index (κ1) is 35.0. The van der Waals surface area contributed by atoms with Crippen molar-refractivity contribution >= 4 is 23.7 Å². The van der Waals surface area contributed by atoms with Gasteiger partial charge in [0.1, 0.15) is 17.7 Å². The van der Waals surface area contributed by atoms with Crippen molar-refractivity contribution in [2.24, 2.45) is 17.8 Å². The summed E-state index contributed by atoms with van der Waals surface area (Å²) in [5, 5.41) is 13.4. The summed E-state index contributed by atoms with van der Waals surface area (Å²) < 4.78 is 12.8. The molecule has 3 heterocycles. The maximum absolute atomic E-state index is 14.7. The van der Waals surface area contributed by atoms with Crippen LogP contribution in [-0.2, 0) is 35.2 Å². The van der Waals surface area contributed by atoms with Crippen LogP contribution in [0.4, 0.5) is 0 Å². The van der Waals surface area contributed by atoms with Crippen LogP contribution < -0.4 is 5.32 Å². The van der Waals surface area contributed by atoms with Crippen LogP contribution in [0.25, 0.3) is 0 Å². The number of aliphatic hydroxyl groups excluding tert-OH is 1. The van der Waals surface area contributed by atoms with Gasteiger partial charge in [0.25, 0.3) is 0 Å². The van der Waals surface area contributed by atoms with Gasteiger partial charge in [-0.1, -0.05) is 86.7 Å². The minimum absolute atomic E-state index is 0.0525. The van der Waals surface area contributed by atoms with Gasteiger partial charge in [0.15, 0.2) is 0 Å². The molecule has 2 N–H and O–H groups in total. The third-order valence-corrected chi connectivity index (χ3v) is 9.93. The van der Waals surface area contributed by atoms with Gasteiger partial charge in [-0.3, -0.25) is 19.2 Å². The predicted molar refractivity (Wildman–Crippen MR) is 180 cm³/mol. The van der Waals surface area contributed by atoms with Gasteiger partial charge in [0.2, 0.25) is 17.7 Å². The van der Waals surface area contributed by atoms with Crippen molar-refractivity contribution in [3.05, 3.63) is 97.1 Å². The molecule has 0 saturated carbocycles. The van der Waals surface area contributed by atoms with Gasteiger partial charge >= 0.3 is 5.97 Å². The lowest BCUT2D eigenvalue weighted by molar-refractivity contribution is -0.161. The molecule has 1 spiro atoms. The van der Waals surface area contributed by atoms with Crippen molar-refractivity contribution in [3.8, 4) is 0 Å². The average molecular weight is 658 g/mol. The van der Waals surface area contributed by atoms with E-state index in [-0.39, 0.29) is 43.8 Å². The summed E-state index contributed by atoms with van der Waals surface area (Å²) in [4.78, 5) is 59.1. The number of benzene rings is 2. The van der Waals surface area contributed by atoms with Crippen molar-refractivity contribution in [3.63, 3.8) is 0 Å². The molecule has 0 aromatic heterocycles. The van der Waals surface area contributed by atoms with Crippen LogP contribution in [-0.4, -0.2) is 82.1 Å². The molecule has 2 aromatic rings.